The molecule has 0 bridgehead atoms. The van der Waals surface area contributed by atoms with Crippen molar-refractivity contribution in [3.63, 3.8) is 0 Å². The third-order valence-corrected chi connectivity index (χ3v) is 11.7. The molecule has 1 spiro atoms. The molecule has 3 unspecified atom stereocenters. The summed E-state index contributed by atoms with van der Waals surface area (Å²) in [5.41, 5.74) is 6.03. The highest BCUT2D eigenvalue weighted by molar-refractivity contribution is 6.05. The van der Waals surface area contributed by atoms with Crippen LogP contribution in [-0.2, 0) is 16.0 Å². The highest BCUT2D eigenvalue weighted by atomic mass is 16.6. The molecule has 4 heterocycles. The number of carbonyl (C=O) groups excluding carboxylic acids is 3. The fourth-order valence-electron chi connectivity index (χ4n) is 9.17. The van der Waals surface area contributed by atoms with Crippen molar-refractivity contribution < 1.29 is 28.6 Å². The lowest BCUT2D eigenvalue weighted by Gasteiger charge is -2.59. The third kappa shape index (κ3) is 5.94. The number of aromatic amines is 1. The Kier molecular flexibility index (Phi) is 9.19. The van der Waals surface area contributed by atoms with Crippen molar-refractivity contribution in [2.24, 2.45) is 23.7 Å². The van der Waals surface area contributed by atoms with Crippen LogP contribution in [0.1, 0.15) is 99.9 Å². The van der Waals surface area contributed by atoms with Crippen LogP contribution in [0.25, 0.3) is 10.5 Å². The fourth-order valence-corrected chi connectivity index (χ4v) is 9.17. The van der Waals surface area contributed by atoms with Crippen molar-refractivity contribution in [3.8, 4) is 11.6 Å². The molecule has 7 rings (SSSR count). The number of carbonyl (C=O) groups is 3. The summed E-state index contributed by atoms with van der Waals surface area (Å²) in [6, 6.07) is 6.02. The first-order valence-corrected chi connectivity index (χ1v) is 18.4. The molecule has 14 heteroatoms. The molecule has 3 fully saturated rings. The monoisotopic (exact) mass is 712 g/mol. The van der Waals surface area contributed by atoms with E-state index in [0.717, 1.165) is 60.4 Å². The highest BCUT2D eigenvalue weighted by Crippen LogP contribution is 2.50. The van der Waals surface area contributed by atoms with Crippen LogP contribution in [0.2, 0.25) is 0 Å². The Morgan fingerprint density at radius 1 is 1.12 bits per heavy atom. The van der Waals surface area contributed by atoms with Crippen molar-refractivity contribution in [1.82, 2.24) is 35.9 Å². The van der Waals surface area contributed by atoms with Gasteiger partial charge in [0, 0.05) is 18.8 Å². The van der Waals surface area contributed by atoms with Crippen molar-refractivity contribution in [1.29, 1.82) is 0 Å². The van der Waals surface area contributed by atoms with Crippen LogP contribution >= 0.6 is 0 Å². The molecule has 14 nitrogen and oxygen atoms in total. The van der Waals surface area contributed by atoms with E-state index in [1.165, 1.54) is 16.9 Å². The fraction of sp³-hybridized carbons (Fsp3) is 0.553. The Labute approximate surface area is 303 Å². The van der Waals surface area contributed by atoms with Gasteiger partial charge < -0.3 is 25.0 Å². The normalized spacial score (nSPS) is 29.7. The number of rotatable bonds is 8. The average molecular weight is 713 g/mol. The predicted molar refractivity (Wildman–Crippen MR) is 191 cm³/mol. The maximum Gasteiger partial charge on any atom is 0.435 e. The average Bonchev–Trinajstić information content (AvgIpc) is 3.84. The number of β-lactam (4-membered cyclic amide) rings is 1. The molecule has 2 aliphatic carbocycles. The number of H-pyrrole nitrogens is 1. The topological polar surface area (TPSA) is 156 Å². The first kappa shape index (κ1) is 35.4. The van der Waals surface area contributed by atoms with E-state index in [0.29, 0.717) is 24.6 Å². The Morgan fingerprint density at radius 3 is 2.46 bits per heavy atom. The van der Waals surface area contributed by atoms with E-state index in [9.17, 15) is 14.4 Å². The van der Waals surface area contributed by atoms with Crippen LogP contribution in [0.4, 0.5) is 10.5 Å². The maximum atomic E-state index is 14.0. The molecule has 2 amide bonds. The Bertz CT molecular complexity index is 1960. The van der Waals surface area contributed by atoms with Crippen LogP contribution < -0.4 is 25.8 Å². The van der Waals surface area contributed by atoms with Gasteiger partial charge in [0.05, 0.1) is 12.1 Å². The van der Waals surface area contributed by atoms with Crippen molar-refractivity contribution in [2.75, 3.05) is 0 Å². The second-order valence-electron chi connectivity index (χ2n) is 15.4. The second kappa shape index (κ2) is 13.5. The summed E-state index contributed by atoms with van der Waals surface area (Å²) >= 11 is 0. The number of ether oxygens (including phenoxy) is 3. The quantitative estimate of drug-likeness (QED) is 0.122. The lowest BCUT2D eigenvalue weighted by atomic mass is 9.60. The third-order valence-electron chi connectivity index (χ3n) is 11.7. The molecular weight excluding hydrogens is 664 g/mol. The van der Waals surface area contributed by atoms with Crippen LogP contribution in [-0.4, -0.2) is 54.8 Å². The van der Waals surface area contributed by atoms with Crippen LogP contribution in [0.15, 0.2) is 30.6 Å². The molecule has 2 aliphatic heterocycles. The molecule has 2 aromatic heterocycles. The van der Waals surface area contributed by atoms with E-state index in [2.05, 4.69) is 53.1 Å². The van der Waals surface area contributed by atoms with Gasteiger partial charge >= 0.3 is 12.1 Å². The first-order valence-electron chi connectivity index (χ1n) is 18.4. The molecule has 0 radical (unpaired) electrons. The van der Waals surface area contributed by atoms with Crippen LogP contribution in [0, 0.1) is 44.1 Å². The zero-order chi connectivity index (χ0) is 36.9. The minimum Gasteiger partial charge on any atom is -0.475 e. The standard InChI is InChI=1S/C38H48N8O6/c1-8-38(52-27-10-9-21(2)17-23(27)4)35(48)42-37(38)13-11-26(12-14-37)20-28-41-32-29(34(47)50-31-24(5)18-22(3)19-25(31)6)30(39-7)33(46(32)43-28)51-36(49)45-16-15-40-44-45/h9-10,15-17,22,24-26,31,40,44H,8,11-14,18-20H2,1-6H3,(H,41,43)(H,42,48). The molecule has 3 atom stereocenters. The van der Waals surface area contributed by atoms with Gasteiger partial charge in [-0.2, -0.15) is 5.01 Å². The van der Waals surface area contributed by atoms with E-state index in [1.54, 1.807) is 0 Å². The number of esters is 1. The number of nitrogens with zero attached hydrogens (tertiary/aromatic N) is 4. The largest absolute Gasteiger partial charge is 0.475 e. The number of aryl methyl sites for hydroxylation is 2. The molecule has 3 aromatic rings. The number of fused-ring (bicyclic) bond motifs is 1. The summed E-state index contributed by atoms with van der Waals surface area (Å²) in [6.07, 6.45) is 7.91. The zero-order valence-electron chi connectivity index (χ0n) is 30.7. The molecule has 276 valence electrons. The lowest BCUT2D eigenvalue weighted by Crippen LogP contribution is -2.84. The number of aromatic nitrogens is 3. The molecule has 2 saturated carbocycles. The maximum absolute atomic E-state index is 14.0. The molecule has 4 aliphatic rings. The summed E-state index contributed by atoms with van der Waals surface area (Å²) in [6.45, 7) is 20.4. The number of hydrazine groups is 2. The van der Waals surface area contributed by atoms with Gasteiger partial charge in [-0.1, -0.05) is 45.4 Å². The summed E-state index contributed by atoms with van der Waals surface area (Å²) in [5, 5.41) is 7.54. The lowest BCUT2D eigenvalue weighted by molar-refractivity contribution is -0.176. The van der Waals surface area contributed by atoms with Gasteiger partial charge in [0.1, 0.15) is 23.2 Å². The molecule has 1 aromatic carbocycles. The van der Waals surface area contributed by atoms with Gasteiger partial charge in [0.2, 0.25) is 11.5 Å². The smallest absolute Gasteiger partial charge is 0.435 e. The van der Waals surface area contributed by atoms with Gasteiger partial charge in [-0.05, 0) is 94.1 Å². The van der Waals surface area contributed by atoms with Crippen LogP contribution in [0.3, 0.4) is 0 Å². The zero-order valence-corrected chi connectivity index (χ0v) is 30.7. The van der Waals surface area contributed by atoms with Crippen molar-refractivity contribution in [2.45, 2.75) is 110 Å². The van der Waals surface area contributed by atoms with Gasteiger partial charge in [-0.25, -0.2) is 23.9 Å². The number of benzene rings is 1. The summed E-state index contributed by atoms with van der Waals surface area (Å²) < 4.78 is 19.9. The van der Waals surface area contributed by atoms with Crippen molar-refractivity contribution >= 4 is 29.3 Å². The molecule has 4 N–H and O–H groups in total. The number of nitrogens with one attached hydrogen (secondary N) is 4. The van der Waals surface area contributed by atoms with Crippen LogP contribution in [0.5, 0.6) is 11.6 Å². The van der Waals surface area contributed by atoms with Crippen molar-refractivity contribution in [3.05, 3.63) is 64.5 Å². The highest BCUT2D eigenvalue weighted by Gasteiger charge is 2.67. The molecular formula is C38H48N8O6. The minimum absolute atomic E-state index is 0.0302. The summed E-state index contributed by atoms with van der Waals surface area (Å²) in [5.74, 6) is 1.48. The van der Waals surface area contributed by atoms with Gasteiger partial charge in [-0.3, -0.25) is 9.89 Å². The number of hydrogen-bond donors (Lipinski definition) is 4. The predicted octanol–water partition coefficient (Wildman–Crippen LogP) is 6.18. The Balaban J connectivity index is 1.13. The second-order valence-corrected chi connectivity index (χ2v) is 15.4. The molecule has 1 saturated heterocycles. The Hall–Kier alpha value is -5.03. The van der Waals surface area contributed by atoms with Gasteiger partial charge in [-0.15, -0.1) is 5.53 Å². The van der Waals surface area contributed by atoms with E-state index in [4.69, 9.17) is 25.8 Å². The van der Waals surface area contributed by atoms with Gasteiger partial charge in [0.15, 0.2) is 5.65 Å². The van der Waals surface area contributed by atoms with E-state index < -0.39 is 23.2 Å². The Morgan fingerprint density at radius 2 is 1.85 bits per heavy atom. The number of amides is 2. The summed E-state index contributed by atoms with van der Waals surface area (Å²) in [4.78, 5) is 48.7. The van der Waals surface area contributed by atoms with E-state index in [1.807, 2.05) is 32.9 Å². The van der Waals surface area contributed by atoms with E-state index in [-0.39, 0.29) is 52.5 Å². The van der Waals surface area contributed by atoms with Gasteiger partial charge in [0.25, 0.3) is 11.6 Å². The molecule has 52 heavy (non-hydrogen) atoms. The first-order chi connectivity index (χ1) is 24.9. The number of hydrogen-bond acceptors (Lipinski definition) is 9. The minimum atomic E-state index is -0.941. The summed E-state index contributed by atoms with van der Waals surface area (Å²) in [7, 11) is 0. The van der Waals surface area contributed by atoms with E-state index >= 15 is 0 Å². The SMILES string of the molecule is [C-]#[N+]c1c(C(=O)OC2C(C)CC(C)CC2C)c2nc(CC3CCC4(CC3)NC(=O)C4(CC)Oc3ccc(C)cc3C)[nH]n2c1OC(=O)N1C=CNN1.